The summed E-state index contributed by atoms with van der Waals surface area (Å²) in [6.07, 6.45) is -2.80. The molecule has 8 heteroatoms. The topological polar surface area (TPSA) is 43.3 Å². The van der Waals surface area contributed by atoms with Gasteiger partial charge in [0.15, 0.2) is 0 Å². The highest BCUT2D eigenvalue weighted by molar-refractivity contribution is 6.76. The smallest absolute Gasteiger partial charge is 0.361 e. The van der Waals surface area contributed by atoms with Gasteiger partial charge in [0.25, 0.3) is 5.91 Å². The number of hydrogen-bond donors (Lipinski definition) is 1. The fourth-order valence-electron chi connectivity index (χ4n) is 1.83. The molecule has 0 spiro atoms. The zero-order valence-electron chi connectivity index (χ0n) is 14.3. The number of carbonyl (C=O) groups is 1. The molecule has 1 aromatic rings. The van der Waals surface area contributed by atoms with Crippen LogP contribution in [0.15, 0.2) is 12.3 Å². The zero-order valence-corrected chi connectivity index (χ0v) is 15.3. The number of aromatic nitrogens is 1. The van der Waals surface area contributed by atoms with Gasteiger partial charge in [0.05, 0.1) is 5.56 Å². The minimum absolute atomic E-state index is 0.231. The summed E-state index contributed by atoms with van der Waals surface area (Å²) in [7, 11) is -1.16. The van der Waals surface area contributed by atoms with Gasteiger partial charge in [0.2, 0.25) is 0 Å². The monoisotopic (exact) mass is 350 g/mol. The molecule has 1 unspecified atom stereocenters. The van der Waals surface area contributed by atoms with Crippen LogP contribution in [0.2, 0.25) is 25.7 Å². The molecule has 1 atom stereocenters. The van der Waals surface area contributed by atoms with E-state index in [1.54, 1.807) is 17.7 Å². The Morgan fingerprint density at radius 3 is 2.52 bits per heavy atom. The van der Waals surface area contributed by atoms with Crippen molar-refractivity contribution >= 4 is 14.0 Å². The summed E-state index contributed by atoms with van der Waals surface area (Å²) in [5.41, 5.74) is 0.819. The number of alkyl halides is 3. The summed E-state index contributed by atoms with van der Waals surface area (Å²) in [6.45, 7) is 10.3. The van der Waals surface area contributed by atoms with Crippen LogP contribution in [0.3, 0.4) is 0 Å². The van der Waals surface area contributed by atoms with E-state index in [1.165, 1.54) is 6.07 Å². The maximum atomic E-state index is 12.5. The highest BCUT2D eigenvalue weighted by atomic mass is 28.3. The second kappa shape index (κ2) is 7.52. The third-order valence-electron chi connectivity index (χ3n) is 3.55. The molecule has 4 nitrogen and oxygen atoms in total. The van der Waals surface area contributed by atoms with Crippen LogP contribution in [0.5, 0.6) is 0 Å². The van der Waals surface area contributed by atoms with Gasteiger partial charge in [0, 0.05) is 26.6 Å². The first-order valence-electron chi connectivity index (χ1n) is 7.53. The van der Waals surface area contributed by atoms with Crippen molar-refractivity contribution in [3.63, 3.8) is 0 Å². The van der Waals surface area contributed by atoms with Crippen molar-refractivity contribution in [2.24, 2.45) is 0 Å². The van der Waals surface area contributed by atoms with Crippen LogP contribution in [0.1, 0.15) is 23.0 Å². The second-order valence-electron chi connectivity index (χ2n) is 6.87. The summed E-state index contributed by atoms with van der Waals surface area (Å²) in [6, 6.07) is 0.657. The molecular formula is C15H25F3N2O2Si. The average molecular weight is 350 g/mol. The Balaban J connectivity index is 2.60. The standard InChI is InChI=1S/C15H25F3N2O2Si/c1-11-13(14(21)19-12(2)15(16,17)18)6-7-20(11)10-22-8-9-23(3,4)5/h6-7,12H,8-10H2,1-5H3,(H,19,21). The van der Waals surface area contributed by atoms with E-state index < -0.39 is 26.2 Å². The first-order valence-corrected chi connectivity index (χ1v) is 11.2. The summed E-state index contributed by atoms with van der Waals surface area (Å²) >= 11 is 0. The quantitative estimate of drug-likeness (QED) is 0.601. The molecule has 0 saturated carbocycles. The highest BCUT2D eigenvalue weighted by Gasteiger charge is 2.37. The summed E-state index contributed by atoms with van der Waals surface area (Å²) in [4.78, 5) is 11.9. The van der Waals surface area contributed by atoms with Crippen molar-refractivity contribution in [3.05, 3.63) is 23.5 Å². The highest BCUT2D eigenvalue weighted by Crippen LogP contribution is 2.20. The molecule has 1 rings (SSSR count). The Morgan fingerprint density at radius 1 is 1.39 bits per heavy atom. The Hall–Kier alpha value is -1.28. The molecule has 0 aliphatic carbocycles. The lowest BCUT2D eigenvalue weighted by Gasteiger charge is -2.17. The number of nitrogens with zero attached hydrogens (tertiary/aromatic N) is 1. The van der Waals surface area contributed by atoms with Gasteiger partial charge in [-0.25, -0.2) is 0 Å². The van der Waals surface area contributed by atoms with E-state index in [9.17, 15) is 18.0 Å². The Bertz CT molecular complexity index is 536. The molecular weight excluding hydrogens is 325 g/mol. The maximum Gasteiger partial charge on any atom is 0.408 e. The largest absolute Gasteiger partial charge is 0.408 e. The van der Waals surface area contributed by atoms with Crippen molar-refractivity contribution in [1.29, 1.82) is 0 Å². The van der Waals surface area contributed by atoms with Crippen molar-refractivity contribution in [3.8, 4) is 0 Å². The van der Waals surface area contributed by atoms with Crippen LogP contribution >= 0.6 is 0 Å². The number of carbonyl (C=O) groups excluding carboxylic acids is 1. The lowest BCUT2D eigenvalue weighted by molar-refractivity contribution is -0.149. The van der Waals surface area contributed by atoms with E-state index in [0.29, 0.717) is 19.0 Å². The van der Waals surface area contributed by atoms with E-state index in [-0.39, 0.29) is 5.56 Å². The SMILES string of the molecule is Cc1c(C(=O)NC(C)C(F)(F)F)ccn1COCC[Si](C)(C)C. The first-order chi connectivity index (χ1) is 10.4. The maximum absolute atomic E-state index is 12.5. The van der Waals surface area contributed by atoms with E-state index >= 15 is 0 Å². The lowest BCUT2D eigenvalue weighted by Crippen LogP contribution is -2.43. The predicted molar refractivity (Wildman–Crippen MR) is 86.3 cm³/mol. The van der Waals surface area contributed by atoms with Crippen molar-refractivity contribution in [2.75, 3.05) is 6.61 Å². The van der Waals surface area contributed by atoms with Crippen LogP contribution in [-0.4, -0.2) is 37.4 Å². The number of hydrogen-bond acceptors (Lipinski definition) is 2. The molecule has 1 N–H and O–H groups in total. The lowest BCUT2D eigenvalue weighted by atomic mass is 10.2. The molecule has 23 heavy (non-hydrogen) atoms. The number of nitrogens with one attached hydrogen (secondary N) is 1. The number of ether oxygens (including phenoxy) is 1. The van der Waals surface area contributed by atoms with Gasteiger partial charge in [0.1, 0.15) is 12.8 Å². The van der Waals surface area contributed by atoms with Crippen molar-refractivity contribution in [1.82, 2.24) is 9.88 Å². The van der Waals surface area contributed by atoms with Gasteiger partial charge in [-0.2, -0.15) is 13.2 Å². The molecule has 1 amide bonds. The van der Waals surface area contributed by atoms with E-state index in [1.807, 2.05) is 5.32 Å². The van der Waals surface area contributed by atoms with E-state index in [2.05, 4.69) is 19.6 Å². The Labute approximate surface area is 136 Å². The fourth-order valence-corrected chi connectivity index (χ4v) is 2.59. The Kier molecular flexibility index (Phi) is 6.47. The normalized spacial score (nSPS) is 13.9. The summed E-state index contributed by atoms with van der Waals surface area (Å²) in [5.74, 6) is -0.729. The van der Waals surface area contributed by atoms with E-state index in [0.717, 1.165) is 13.0 Å². The molecule has 0 aliphatic heterocycles. The molecule has 0 radical (unpaired) electrons. The zero-order chi connectivity index (χ0) is 17.8. The molecule has 0 aromatic carbocycles. The average Bonchev–Trinajstić information content (AvgIpc) is 2.74. The van der Waals surface area contributed by atoms with Crippen molar-refractivity contribution < 1.29 is 22.7 Å². The van der Waals surface area contributed by atoms with Crippen LogP contribution < -0.4 is 5.32 Å². The number of rotatable bonds is 7. The van der Waals surface area contributed by atoms with Crippen LogP contribution in [0.4, 0.5) is 13.2 Å². The molecule has 0 saturated heterocycles. The molecule has 0 fully saturated rings. The second-order valence-corrected chi connectivity index (χ2v) is 12.5. The minimum atomic E-state index is -4.45. The van der Waals surface area contributed by atoms with Crippen LogP contribution in [0, 0.1) is 6.92 Å². The van der Waals surface area contributed by atoms with Gasteiger partial charge in [-0.05, 0) is 26.0 Å². The molecule has 0 bridgehead atoms. The van der Waals surface area contributed by atoms with Crippen LogP contribution in [-0.2, 0) is 11.5 Å². The molecule has 132 valence electrons. The number of amides is 1. The minimum Gasteiger partial charge on any atom is -0.361 e. The third kappa shape index (κ3) is 6.38. The third-order valence-corrected chi connectivity index (χ3v) is 5.26. The molecule has 1 aromatic heterocycles. The molecule has 0 aliphatic rings. The Morgan fingerprint density at radius 2 is 2.00 bits per heavy atom. The van der Waals surface area contributed by atoms with Crippen LogP contribution in [0.25, 0.3) is 0 Å². The van der Waals surface area contributed by atoms with Gasteiger partial charge < -0.3 is 14.6 Å². The molecule has 1 heterocycles. The fraction of sp³-hybridized carbons (Fsp3) is 0.667. The van der Waals surface area contributed by atoms with Gasteiger partial charge in [-0.1, -0.05) is 19.6 Å². The summed E-state index contributed by atoms with van der Waals surface area (Å²) in [5, 5.41) is 1.96. The first kappa shape index (κ1) is 19.8. The number of halogens is 3. The predicted octanol–water partition coefficient (Wildman–Crippen LogP) is 3.79. The van der Waals surface area contributed by atoms with Gasteiger partial charge in [-0.3, -0.25) is 4.79 Å². The van der Waals surface area contributed by atoms with Gasteiger partial charge >= 0.3 is 6.18 Å². The van der Waals surface area contributed by atoms with Crippen molar-refractivity contribution in [2.45, 2.75) is 58.5 Å². The van der Waals surface area contributed by atoms with Gasteiger partial charge in [-0.15, -0.1) is 0 Å². The summed E-state index contributed by atoms with van der Waals surface area (Å²) < 4.78 is 44.8. The van der Waals surface area contributed by atoms with E-state index in [4.69, 9.17) is 4.74 Å².